The van der Waals surface area contributed by atoms with Gasteiger partial charge in [0.05, 0.1) is 10.6 Å². The molecule has 1 amide bonds. The Balaban J connectivity index is 1.52. The van der Waals surface area contributed by atoms with E-state index < -0.39 is 20.7 Å². The van der Waals surface area contributed by atoms with Crippen LogP contribution in [-0.2, 0) is 15.0 Å². The lowest BCUT2D eigenvalue weighted by Crippen LogP contribution is -2.59. The van der Waals surface area contributed by atoms with Crippen molar-refractivity contribution in [3.8, 4) is 5.75 Å². The van der Waals surface area contributed by atoms with Gasteiger partial charge in [0.2, 0.25) is 5.91 Å². The summed E-state index contributed by atoms with van der Waals surface area (Å²) in [5, 5.41) is 6.12. The van der Waals surface area contributed by atoms with Crippen molar-refractivity contribution < 1.29 is 26.2 Å². The van der Waals surface area contributed by atoms with Crippen LogP contribution < -0.4 is 15.4 Å². The summed E-state index contributed by atoms with van der Waals surface area (Å²) in [7, 11) is -4.76. The molecule has 3 aliphatic rings. The molecule has 1 aromatic carbocycles. The molecule has 3 atom stereocenters. The molecule has 2 saturated heterocycles. The first kappa shape index (κ1) is 22.7. The Morgan fingerprint density at radius 2 is 2.03 bits per heavy atom. The number of piperidine rings is 1. The monoisotopic (exact) mass is 467 g/mol. The number of halogens is 2. The quantitative estimate of drug-likeness (QED) is 0.626. The van der Waals surface area contributed by atoms with Crippen LogP contribution in [0.15, 0.2) is 52.5 Å². The van der Waals surface area contributed by atoms with E-state index in [1.165, 1.54) is 18.2 Å². The third kappa shape index (κ3) is 4.13. The highest BCUT2D eigenvalue weighted by Crippen LogP contribution is 2.44. The number of likely N-dealkylation sites (tertiary alicyclic amines) is 1. The third-order valence-electron chi connectivity index (χ3n) is 6.54. The number of hydrogen-bond donors (Lipinski definition) is 2. The second-order valence-corrected chi connectivity index (χ2v) is 9.89. The molecule has 1 aliphatic carbocycles. The molecule has 0 radical (unpaired) electrons. The molecular weight excluding hydrogens is 440 g/mol. The summed E-state index contributed by atoms with van der Waals surface area (Å²) in [6, 6.07) is 5.15. The number of ether oxygens (including phenoxy) is 1. The predicted molar refractivity (Wildman–Crippen MR) is 115 cm³/mol. The van der Waals surface area contributed by atoms with Gasteiger partial charge in [-0.2, -0.15) is 8.42 Å². The van der Waals surface area contributed by atoms with Crippen molar-refractivity contribution in [1.29, 1.82) is 0 Å². The van der Waals surface area contributed by atoms with Gasteiger partial charge in [-0.05, 0) is 63.6 Å². The number of hydrogen-bond acceptors (Lipinski definition) is 6. The molecule has 174 valence electrons. The number of carbonyl (C=O) groups is 1. The molecule has 0 spiro atoms. The van der Waals surface area contributed by atoms with Crippen LogP contribution in [0.25, 0.3) is 0 Å². The van der Waals surface area contributed by atoms with E-state index in [2.05, 4.69) is 15.5 Å². The summed E-state index contributed by atoms with van der Waals surface area (Å²) in [6.07, 6.45) is 2.90. The number of rotatable bonds is 6. The summed E-state index contributed by atoms with van der Waals surface area (Å²) in [5.74, 6) is -0.326. The van der Waals surface area contributed by atoms with E-state index in [4.69, 9.17) is 4.74 Å². The first-order chi connectivity index (χ1) is 15.1. The van der Waals surface area contributed by atoms with Gasteiger partial charge < -0.3 is 15.4 Å². The molecule has 2 heterocycles. The van der Waals surface area contributed by atoms with Gasteiger partial charge in [0.1, 0.15) is 23.2 Å². The second-order valence-electron chi connectivity index (χ2n) is 8.54. The average Bonchev–Trinajstić information content (AvgIpc) is 3.00. The number of likely N-dealkylation sites (N-methyl/N-ethyl adjacent to an activating group) is 1. The van der Waals surface area contributed by atoms with Gasteiger partial charge in [0.15, 0.2) is 0 Å². The molecule has 10 heteroatoms. The van der Waals surface area contributed by atoms with E-state index in [0.717, 1.165) is 30.7 Å². The number of nitrogens with zero attached hydrogens (tertiary/aromatic N) is 1. The molecule has 0 saturated carbocycles. The number of allylic oxidation sites excluding steroid dienone is 2. The highest BCUT2D eigenvalue weighted by Gasteiger charge is 2.55. The average molecular weight is 468 g/mol. The molecule has 32 heavy (non-hydrogen) atoms. The lowest BCUT2D eigenvalue weighted by Gasteiger charge is -2.44. The standard InChI is InChI=1S/C22H27F2N3O4S/c1-3-25-19-12-14(23)11-18-20(19)26-21(28)22(18,2)27-10-4-5-16(13-27)31-15-6-8-17(9-7-15)32(24,29)30/h6-9,12,16,18,25H,3-5,10-11,13H2,1-2H3,(H,26,28)/t16-,18?,22+/m1/s1. The highest BCUT2D eigenvalue weighted by molar-refractivity contribution is 7.86. The van der Waals surface area contributed by atoms with Crippen LogP contribution >= 0.6 is 0 Å². The summed E-state index contributed by atoms with van der Waals surface area (Å²) in [5.41, 5.74) is 0.424. The van der Waals surface area contributed by atoms with E-state index in [1.54, 1.807) is 0 Å². The number of amides is 1. The van der Waals surface area contributed by atoms with Crippen LogP contribution in [0.5, 0.6) is 5.75 Å². The zero-order chi connectivity index (χ0) is 23.1. The fourth-order valence-electron chi connectivity index (χ4n) is 4.85. The SMILES string of the molecule is CCNC1=C2NC(=O)[C@@](C)(N3CCC[C@@H](Oc4ccc(S(=O)(=O)F)cc4)C3)C2CC(F)=C1. The minimum Gasteiger partial charge on any atom is -0.489 e. The highest BCUT2D eigenvalue weighted by atomic mass is 32.3. The molecule has 2 fully saturated rings. The molecule has 2 aliphatic heterocycles. The topological polar surface area (TPSA) is 87.7 Å². The van der Waals surface area contributed by atoms with E-state index >= 15 is 0 Å². The molecule has 2 N–H and O–H groups in total. The zero-order valence-corrected chi connectivity index (χ0v) is 18.8. The van der Waals surface area contributed by atoms with E-state index in [9.17, 15) is 21.5 Å². The van der Waals surface area contributed by atoms with E-state index in [1.807, 2.05) is 13.8 Å². The summed E-state index contributed by atoms with van der Waals surface area (Å²) >= 11 is 0. The van der Waals surface area contributed by atoms with Crippen LogP contribution in [0.3, 0.4) is 0 Å². The number of benzene rings is 1. The van der Waals surface area contributed by atoms with Crippen LogP contribution in [0, 0.1) is 5.92 Å². The van der Waals surface area contributed by atoms with Crippen molar-refractivity contribution in [2.75, 3.05) is 19.6 Å². The second kappa shape index (κ2) is 8.47. The van der Waals surface area contributed by atoms with Gasteiger partial charge in [-0.1, -0.05) is 0 Å². The van der Waals surface area contributed by atoms with Gasteiger partial charge in [-0.15, -0.1) is 3.89 Å². The minimum absolute atomic E-state index is 0.153. The largest absolute Gasteiger partial charge is 0.489 e. The van der Waals surface area contributed by atoms with E-state index in [-0.39, 0.29) is 30.2 Å². The molecule has 7 nitrogen and oxygen atoms in total. The first-order valence-corrected chi connectivity index (χ1v) is 12.1. The Bertz CT molecular complexity index is 1070. The Morgan fingerprint density at radius 1 is 1.31 bits per heavy atom. The van der Waals surface area contributed by atoms with Gasteiger partial charge >= 0.3 is 10.2 Å². The maximum Gasteiger partial charge on any atom is 0.332 e. The van der Waals surface area contributed by atoms with Crippen molar-refractivity contribution in [1.82, 2.24) is 15.5 Å². The van der Waals surface area contributed by atoms with Gasteiger partial charge in [0.25, 0.3) is 0 Å². The fourth-order valence-corrected chi connectivity index (χ4v) is 5.31. The first-order valence-electron chi connectivity index (χ1n) is 10.7. The molecule has 0 aromatic heterocycles. The smallest absolute Gasteiger partial charge is 0.332 e. The summed E-state index contributed by atoms with van der Waals surface area (Å²) in [4.78, 5) is 14.8. The van der Waals surface area contributed by atoms with Gasteiger partial charge in [-0.25, -0.2) is 4.39 Å². The van der Waals surface area contributed by atoms with Crippen LogP contribution in [0.1, 0.15) is 33.1 Å². The van der Waals surface area contributed by atoms with E-state index in [0.29, 0.717) is 31.1 Å². The maximum absolute atomic E-state index is 14.4. The van der Waals surface area contributed by atoms with Gasteiger partial charge in [-0.3, -0.25) is 9.69 Å². The van der Waals surface area contributed by atoms with Crippen LogP contribution in [0.4, 0.5) is 8.28 Å². The maximum atomic E-state index is 14.4. The van der Waals surface area contributed by atoms with Crippen molar-refractivity contribution in [2.24, 2.45) is 5.92 Å². The van der Waals surface area contributed by atoms with Crippen molar-refractivity contribution in [3.05, 3.63) is 47.6 Å². The number of carbonyl (C=O) groups excluding carboxylic acids is 1. The van der Waals surface area contributed by atoms with Crippen molar-refractivity contribution in [2.45, 2.75) is 49.6 Å². The van der Waals surface area contributed by atoms with Gasteiger partial charge in [0, 0.05) is 31.1 Å². The summed E-state index contributed by atoms with van der Waals surface area (Å²) in [6.45, 7) is 5.52. The number of fused-ring (bicyclic) bond motifs is 1. The Hall–Kier alpha value is -2.46. The normalized spacial score (nSPS) is 28.8. The number of nitrogens with one attached hydrogen (secondary N) is 2. The Kier molecular flexibility index (Phi) is 6.02. The van der Waals surface area contributed by atoms with Crippen molar-refractivity contribution >= 4 is 16.1 Å². The molecule has 0 bridgehead atoms. The summed E-state index contributed by atoms with van der Waals surface area (Å²) < 4.78 is 55.6. The molecular formula is C22H27F2N3O4S. The van der Waals surface area contributed by atoms with Crippen molar-refractivity contribution in [3.63, 3.8) is 0 Å². The fraction of sp³-hybridized carbons (Fsp3) is 0.500. The lowest BCUT2D eigenvalue weighted by atomic mass is 9.79. The zero-order valence-electron chi connectivity index (χ0n) is 18.0. The Morgan fingerprint density at radius 3 is 2.69 bits per heavy atom. The third-order valence-corrected chi connectivity index (χ3v) is 7.37. The minimum atomic E-state index is -4.76. The predicted octanol–water partition coefficient (Wildman–Crippen LogP) is 2.77. The lowest BCUT2D eigenvalue weighted by molar-refractivity contribution is -0.132. The molecule has 4 rings (SSSR count). The molecule has 1 aromatic rings. The molecule has 1 unspecified atom stereocenters. The Labute approximate surface area is 186 Å². The van der Waals surface area contributed by atoms with Crippen LogP contribution in [0.2, 0.25) is 0 Å². The van der Waals surface area contributed by atoms with Crippen LogP contribution in [-0.4, -0.2) is 50.5 Å².